The van der Waals surface area contributed by atoms with Crippen LogP contribution in [-0.2, 0) is 11.3 Å². The third-order valence-corrected chi connectivity index (χ3v) is 3.44. The molecule has 2 aromatic rings. The summed E-state index contributed by atoms with van der Waals surface area (Å²) in [6.45, 7) is 2.40. The molecule has 0 unspecified atom stereocenters. The van der Waals surface area contributed by atoms with Gasteiger partial charge in [0.05, 0.1) is 13.2 Å². The zero-order valence-corrected chi connectivity index (χ0v) is 11.1. The van der Waals surface area contributed by atoms with Crippen molar-refractivity contribution >= 4 is 16.8 Å². The van der Waals surface area contributed by atoms with Crippen LogP contribution in [0.4, 0.5) is 5.69 Å². The number of rotatable bonds is 6. The maximum atomic E-state index is 5.76. The Bertz CT molecular complexity index is 563. The number of oxazole rings is 1. The van der Waals surface area contributed by atoms with E-state index in [4.69, 9.17) is 14.9 Å². The van der Waals surface area contributed by atoms with Gasteiger partial charge in [-0.2, -0.15) is 0 Å². The van der Waals surface area contributed by atoms with Gasteiger partial charge in [-0.25, -0.2) is 4.98 Å². The van der Waals surface area contributed by atoms with E-state index >= 15 is 0 Å². The molecule has 0 amide bonds. The first kappa shape index (κ1) is 12.4. The lowest BCUT2D eigenvalue weighted by Crippen LogP contribution is -2.29. The average molecular weight is 261 g/mol. The van der Waals surface area contributed by atoms with Crippen LogP contribution in [-0.4, -0.2) is 36.2 Å². The molecule has 19 heavy (non-hydrogen) atoms. The summed E-state index contributed by atoms with van der Waals surface area (Å²) in [6.07, 6.45) is 2.52. The second kappa shape index (κ2) is 5.19. The van der Waals surface area contributed by atoms with Crippen LogP contribution < -0.4 is 5.73 Å². The molecule has 3 rings (SSSR count). The third kappa shape index (κ3) is 2.88. The van der Waals surface area contributed by atoms with Gasteiger partial charge in [0.2, 0.25) is 5.89 Å². The van der Waals surface area contributed by atoms with E-state index < -0.39 is 0 Å². The Morgan fingerprint density at radius 3 is 3.05 bits per heavy atom. The highest BCUT2D eigenvalue weighted by atomic mass is 16.5. The Labute approximate surface area is 112 Å². The summed E-state index contributed by atoms with van der Waals surface area (Å²) in [7, 11) is 1.73. The van der Waals surface area contributed by atoms with Gasteiger partial charge in [0.1, 0.15) is 5.52 Å². The van der Waals surface area contributed by atoms with E-state index in [1.165, 1.54) is 12.8 Å². The van der Waals surface area contributed by atoms with Crippen molar-refractivity contribution < 1.29 is 9.15 Å². The molecule has 1 aliphatic rings. The van der Waals surface area contributed by atoms with Gasteiger partial charge in [-0.15, -0.1) is 0 Å². The highest BCUT2D eigenvalue weighted by Gasteiger charge is 2.29. The maximum Gasteiger partial charge on any atom is 0.209 e. The van der Waals surface area contributed by atoms with Gasteiger partial charge in [0.25, 0.3) is 0 Å². The van der Waals surface area contributed by atoms with Crippen LogP contribution >= 0.6 is 0 Å². The van der Waals surface area contributed by atoms with Gasteiger partial charge in [-0.1, -0.05) is 0 Å². The monoisotopic (exact) mass is 261 g/mol. The number of benzene rings is 1. The Morgan fingerprint density at radius 2 is 2.32 bits per heavy atom. The summed E-state index contributed by atoms with van der Waals surface area (Å²) in [6, 6.07) is 6.23. The lowest BCUT2D eigenvalue weighted by molar-refractivity contribution is 0.134. The zero-order valence-electron chi connectivity index (χ0n) is 11.1. The normalized spacial score (nSPS) is 15.5. The number of hydrogen-bond donors (Lipinski definition) is 1. The number of hydrogen-bond acceptors (Lipinski definition) is 5. The SMILES string of the molecule is COCCN(Cc1nc2ccc(N)cc2o1)C1CC1. The predicted molar refractivity (Wildman–Crippen MR) is 73.7 cm³/mol. The first-order valence-corrected chi connectivity index (χ1v) is 6.64. The molecule has 0 radical (unpaired) electrons. The summed E-state index contributed by atoms with van der Waals surface area (Å²) in [5, 5.41) is 0. The van der Waals surface area contributed by atoms with E-state index in [0.717, 1.165) is 36.7 Å². The van der Waals surface area contributed by atoms with Crippen molar-refractivity contribution in [2.75, 3.05) is 26.0 Å². The number of nitrogen functional groups attached to an aromatic ring is 1. The van der Waals surface area contributed by atoms with E-state index in [9.17, 15) is 0 Å². The fourth-order valence-corrected chi connectivity index (χ4v) is 2.27. The number of nitrogens with zero attached hydrogens (tertiary/aromatic N) is 2. The Kier molecular flexibility index (Phi) is 3.40. The van der Waals surface area contributed by atoms with Gasteiger partial charge < -0.3 is 14.9 Å². The number of ether oxygens (including phenoxy) is 1. The molecule has 0 atom stereocenters. The number of fused-ring (bicyclic) bond motifs is 1. The van der Waals surface area contributed by atoms with Crippen molar-refractivity contribution in [2.24, 2.45) is 0 Å². The Hall–Kier alpha value is -1.59. The summed E-state index contributed by atoms with van der Waals surface area (Å²) in [5.74, 6) is 0.753. The predicted octanol–water partition coefficient (Wildman–Crippen LogP) is 2.02. The van der Waals surface area contributed by atoms with E-state index in [0.29, 0.717) is 11.7 Å². The minimum absolute atomic E-state index is 0.662. The fraction of sp³-hybridized carbons (Fsp3) is 0.500. The molecule has 0 spiro atoms. The second-order valence-electron chi connectivity index (χ2n) is 5.03. The van der Waals surface area contributed by atoms with Crippen LogP contribution in [0.3, 0.4) is 0 Å². The molecular formula is C14H19N3O2. The molecule has 1 fully saturated rings. The molecule has 0 saturated heterocycles. The van der Waals surface area contributed by atoms with Crippen molar-refractivity contribution in [2.45, 2.75) is 25.4 Å². The van der Waals surface area contributed by atoms with Gasteiger partial charge >= 0.3 is 0 Å². The van der Waals surface area contributed by atoms with Gasteiger partial charge in [0.15, 0.2) is 5.58 Å². The Morgan fingerprint density at radius 1 is 1.47 bits per heavy atom. The zero-order chi connectivity index (χ0) is 13.2. The molecule has 1 heterocycles. The van der Waals surface area contributed by atoms with Crippen LogP contribution in [0.15, 0.2) is 22.6 Å². The van der Waals surface area contributed by atoms with Gasteiger partial charge in [-0.05, 0) is 25.0 Å². The van der Waals surface area contributed by atoms with E-state index in [1.807, 2.05) is 18.2 Å². The third-order valence-electron chi connectivity index (χ3n) is 3.44. The quantitative estimate of drug-likeness (QED) is 0.806. The smallest absolute Gasteiger partial charge is 0.209 e. The largest absolute Gasteiger partial charge is 0.439 e. The van der Waals surface area contributed by atoms with E-state index in [1.54, 1.807) is 7.11 Å². The second-order valence-corrected chi connectivity index (χ2v) is 5.03. The number of methoxy groups -OCH3 is 1. The number of aromatic nitrogens is 1. The molecule has 1 aromatic heterocycles. The average Bonchev–Trinajstić information content (AvgIpc) is 3.15. The van der Waals surface area contributed by atoms with Crippen molar-refractivity contribution in [1.82, 2.24) is 9.88 Å². The molecular weight excluding hydrogens is 242 g/mol. The molecule has 5 nitrogen and oxygen atoms in total. The standard InChI is InChI=1S/C14H19N3O2/c1-18-7-6-17(11-3-4-11)9-14-16-12-5-2-10(15)8-13(12)19-14/h2,5,8,11H,3-4,6-7,9,15H2,1H3. The lowest BCUT2D eigenvalue weighted by Gasteiger charge is -2.19. The van der Waals surface area contributed by atoms with Crippen molar-refractivity contribution in [1.29, 1.82) is 0 Å². The molecule has 0 bridgehead atoms. The molecule has 2 N–H and O–H groups in total. The van der Waals surface area contributed by atoms with Crippen LogP contribution in [0.5, 0.6) is 0 Å². The number of nitrogens with two attached hydrogens (primary N) is 1. The van der Waals surface area contributed by atoms with Crippen LogP contribution in [0.25, 0.3) is 11.1 Å². The summed E-state index contributed by atoms with van der Waals surface area (Å²) >= 11 is 0. The topological polar surface area (TPSA) is 64.5 Å². The Balaban J connectivity index is 1.75. The maximum absolute atomic E-state index is 5.76. The molecule has 1 aromatic carbocycles. The van der Waals surface area contributed by atoms with Crippen molar-refractivity contribution in [3.05, 3.63) is 24.1 Å². The first-order valence-electron chi connectivity index (χ1n) is 6.64. The number of anilines is 1. The molecule has 1 saturated carbocycles. The summed E-state index contributed by atoms with van der Waals surface area (Å²) in [4.78, 5) is 6.88. The highest BCUT2D eigenvalue weighted by Crippen LogP contribution is 2.28. The molecule has 102 valence electrons. The van der Waals surface area contributed by atoms with Crippen molar-refractivity contribution in [3.63, 3.8) is 0 Å². The first-order chi connectivity index (χ1) is 9.26. The van der Waals surface area contributed by atoms with Crippen LogP contribution in [0, 0.1) is 0 Å². The molecule has 1 aliphatic carbocycles. The van der Waals surface area contributed by atoms with E-state index in [2.05, 4.69) is 9.88 Å². The highest BCUT2D eigenvalue weighted by molar-refractivity contribution is 5.76. The van der Waals surface area contributed by atoms with Crippen LogP contribution in [0.1, 0.15) is 18.7 Å². The summed E-state index contributed by atoms with van der Waals surface area (Å²) in [5.41, 5.74) is 8.07. The lowest BCUT2D eigenvalue weighted by atomic mass is 10.3. The molecule has 5 heteroatoms. The minimum atomic E-state index is 0.662. The van der Waals surface area contributed by atoms with Crippen molar-refractivity contribution in [3.8, 4) is 0 Å². The van der Waals surface area contributed by atoms with Gasteiger partial charge in [-0.3, -0.25) is 4.90 Å². The summed E-state index contributed by atoms with van der Waals surface area (Å²) < 4.78 is 10.9. The van der Waals surface area contributed by atoms with Crippen LogP contribution in [0.2, 0.25) is 0 Å². The van der Waals surface area contributed by atoms with E-state index in [-0.39, 0.29) is 0 Å². The fourth-order valence-electron chi connectivity index (χ4n) is 2.27. The van der Waals surface area contributed by atoms with Gasteiger partial charge in [0, 0.05) is 31.5 Å². The minimum Gasteiger partial charge on any atom is -0.439 e. The molecule has 0 aliphatic heterocycles.